The fraction of sp³-hybridized carbons (Fsp3) is 0.190. The normalized spacial score (nSPS) is 11.9. The van der Waals surface area contributed by atoms with Gasteiger partial charge in [-0.15, -0.1) is 0 Å². The Morgan fingerprint density at radius 2 is 0.846 bits per heavy atom. The Morgan fingerprint density at radius 3 is 1.17 bits per heavy atom. The summed E-state index contributed by atoms with van der Waals surface area (Å²) in [5, 5.41) is 79.8. The van der Waals surface area contributed by atoms with E-state index < -0.39 is 11.5 Å². The average Bonchev–Trinajstić information content (AvgIpc) is 3.10. The minimum Gasteiger partial charge on any atom is -0.507 e. The number of fused-ring (bicyclic) bond motifs is 2. The van der Waals surface area contributed by atoms with Crippen molar-refractivity contribution in [2.45, 2.75) is 53.4 Å². The molecule has 0 heterocycles. The molecular weight excluding hydrogens is 656 g/mol. The summed E-state index contributed by atoms with van der Waals surface area (Å²) in [6.45, 7) is 11.1. The summed E-state index contributed by atoms with van der Waals surface area (Å²) in [6.07, 6.45) is 2.68. The van der Waals surface area contributed by atoms with Gasteiger partial charge in [0.2, 0.25) is 0 Å². The summed E-state index contributed by atoms with van der Waals surface area (Å²) in [5.41, 5.74) is 9.93. The number of hydrazone groups is 2. The molecule has 0 atom stereocenters. The van der Waals surface area contributed by atoms with E-state index in [0.717, 1.165) is 0 Å². The highest BCUT2D eigenvalue weighted by atomic mass is 16.3. The topological polar surface area (TPSA) is 170 Å². The van der Waals surface area contributed by atoms with Crippen molar-refractivity contribution in [2.75, 3.05) is 10.9 Å². The van der Waals surface area contributed by atoms with Gasteiger partial charge in [0.05, 0.1) is 34.9 Å². The number of aromatic hydroxyl groups is 6. The molecule has 6 aromatic carbocycles. The largest absolute Gasteiger partial charge is 0.507 e. The van der Waals surface area contributed by atoms with Gasteiger partial charge < -0.3 is 30.6 Å². The van der Waals surface area contributed by atoms with Gasteiger partial charge in [-0.05, 0) is 71.8 Å². The number of benzene rings is 6. The maximum atomic E-state index is 12.3. The van der Waals surface area contributed by atoms with E-state index in [1.807, 2.05) is 100 Å². The molecule has 0 saturated carbocycles. The Morgan fingerprint density at radius 1 is 0.500 bits per heavy atom. The van der Waals surface area contributed by atoms with Crippen LogP contribution in [0.15, 0.2) is 83.0 Å². The molecule has 0 unspecified atom stereocenters. The lowest BCUT2D eigenvalue weighted by Gasteiger charge is -2.23. The summed E-state index contributed by atoms with van der Waals surface area (Å²) in [6, 6.07) is 22.0. The molecule has 0 saturated heterocycles. The van der Waals surface area contributed by atoms with E-state index in [1.165, 1.54) is 12.4 Å². The highest BCUT2D eigenvalue weighted by Crippen LogP contribution is 2.54. The van der Waals surface area contributed by atoms with Crippen molar-refractivity contribution in [1.82, 2.24) is 0 Å². The van der Waals surface area contributed by atoms with Crippen LogP contribution in [0.1, 0.15) is 72.9 Å². The van der Waals surface area contributed by atoms with Crippen LogP contribution in [0.4, 0.5) is 11.4 Å². The Kier molecular flexibility index (Phi) is 9.58. The number of para-hydroxylation sites is 2. The first kappa shape index (κ1) is 35.4. The molecule has 0 amide bonds. The number of nitrogens with zero attached hydrogens (tertiary/aromatic N) is 2. The summed E-state index contributed by atoms with van der Waals surface area (Å²) >= 11 is 0. The predicted molar refractivity (Wildman–Crippen MR) is 210 cm³/mol. The number of hydrogen-bond donors (Lipinski definition) is 8. The third kappa shape index (κ3) is 6.12. The number of aryl methyl sites for hydroxylation is 2. The molecule has 0 aliphatic heterocycles. The molecule has 6 aromatic rings. The van der Waals surface area contributed by atoms with Gasteiger partial charge >= 0.3 is 0 Å². The van der Waals surface area contributed by atoms with E-state index in [1.54, 1.807) is 13.8 Å². The zero-order valence-corrected chi connectivity index (χ0v) is 29.8. The first-order valence-corrected chi connectivity index (χ1v) is 17.0. The molecule has 52 heavy (non-hydrogen) atoms. The Hall–Kier alpha value is -6.42. The van der Waals surface area contributed by atoms with Crippen LogP contribution >= 0.6 is 0 Å². The lowest BCUT2D eigenvalue weighted by molar-refractivity contribution is 0.398. The summed E-state index contributed by atoms with van der Waals surface area (Å²) < 4.78 is 0. The molecule has 0 aliphatic rings. The smallest absolute Gasteiger partial charge is 0.167 e. The van der Waals surface area contributed by atoms with Gasteiger partial charge in [0.25, 0.3) is 0 Å². The summed E-state index contributed by atoms with van der Waals surface area (Å²) in [5.74, 6) is -2.51. The van der Waals surface area contributed by atoms with E-state index in [0.29, 0.717) is 44.4 Å². The van der Waals surface area contributed by atoms with Gasteiger partial charge in [0, 0.05) is 33.0 Å². The Balaban J connectivity index is 1.66. The molecule has 10 heteroatoms. The minimum atomic E-state index is -0.453. The lowest BCUT2D eigenvalue weighted by atomic mass is 9.83. The minimum absolute atomic E-state index is 0.0708. The summed E-state index contributed by atoms with van der Waals surface area (Å²) in [4.78, 5) is 0. The zero-order chi connectivity index (χ0) is 37.4. The molecule has 0 radical (unpaired) electrons. The highest BCUT2D eigenvalue weighted by molar-refractivity contribution is 6.15. The molecule has 10 nitrogen and oxygen atoms in total. The number of rotatable bonds is 9. The number of nitrogens with one attached hydrogen (secondary N) is 2. The lowest BCUT2D eigenvalue weighted by Crippen LogP contribution is -2.02. The van der Waals surface area contributed by atoms with Crippen molar-refractivity contribution in [3.05, 3.63) is 106 Å². The first-order valence-electron chi connectivity index (χ1n) is 17.0. The second-order valence-electron chi connectivity index (χ2n) is 13.5. The van der Waals surface area contributed by atoms with Crippen LogP contribution in [0.3, 0.4) is 0 Å². The maximum absolute atomic E-state index is 12.3. The quantitative estimate of drug-likeness (QED) is 0.0419. The van der Waals surface area contributed by atoms with Crippen LogP contribution in [0.5, 0.6) is 34.5 Å². The number of hydrogen-bond acceptors (Lipinski definition) is 10. The van der Waals surface area contributed by atoms with Crippen molar-refractivity contribution < 1.29 is 30.6 Å². The van der Waals surface area contributed by atoms with Crippen LogP contribution < -0.4 is 10.9 Å². The standard InChI is InChI=1S/C42H42N4O6/c1-21(2)31-27-17-23(5)33(39(49)35(27)29(37(47)41(31)51)19-43-45-25-13-9-7-10-14-25)34-24(6)18-28-32(22(3)4)42(52)38(48)30(36(28)40(34)50)20-44-46-26-15-11-8-12-16-26/h7-22,45-52H,1-6H3/b43-19-,44-20-. The molecular formula is C42H42N4O6. The van der Waals surface area contributed by atoms with Crippen LogP contribution in [0.25, 0.3) is 32.7 Å². The second kappa shape index (κ2) is 14.1. The van der Waals surface area contributed by atoms with Gasteiger partial charge in [-0.3, -0.25) is 10.9 Å². The molecule has 0 fully saturated rings. The Bertz CT molecular complexity index is 2220. The molecule has 0 aliphatic carbocycles. The van der Waals surface area contributed by atoms with Crippen molar-refractivity contribution >= 4 is 45.3 Å². The number of phenolic OH excluding ortho intramolecular Hbond substituents is 6. The SMILES string of the molecule is Cc1cc2c(C(C)C)c(O)c(O)c(/C=N\Nc3ccccc3)c2c(O)c1-c1c(C)cc2c(C(C)C)c(O)c(O)c(/C=N\Nc3ccccc3)c2c1O. The molecule has 8 N–H and O–H groups in total. The van der Waals surface area contributed by atoms with Gasteiger partial charge in [0.15, 0.2) is 23.0 Å². The van der Waals surface area contributed by atoms with Gasteiger partial charge in [-0.25, -0.2) is 0 Å². The van der Waals surface area contributed by atoms with Crippen molar-refractivity contribution in [2.24, 2.45) is 10.2 Å². The number of anilines is 2. The fourth-order valence-electron chi connectivity index (χ4n) is 6.99. The third-order valence-corrected chi connectivity index (χ3v) is 9.31. The van der Waals surface area contributed by atoms with Gasteiger partial charge in [-0.2, -0.15) is 10.2 Å². The average molecular weight is 699 g/mol. The van der Waals surface area contributed by atoms with Crippen molar-refractivity contribution in [3.63, 3.8) is 0 Å². The molecule has 266 valence electrons. The summed E-state index contributed by atoms with van der Waals surface area (Å²) in [7, 11) is 0. The third-order valence-electron chi connectivity index (χ3n) is 9.31. The van der Waals surface area contributed by atoms with Gasteiger partial charge in [0.1, 0.15) is 11.5 Å². The fourth-order valence-corrected chi connectivity index (χ4v) is 6.99. The van der Waals surface area contributed by atoms with E-state index in [-0.39, 0.29) is 67.9 Å². The Labute approximate surface area is 301 Å². The van der Waals surface area contributed by atoms with Gasteiger partial charge in [-0.1, -0.05) is 76.2 Å². The molecule has 0 spiro atoms. The van der Waals surface area contributed by atoms with E-state index in [2.05, 4.69) is 21.1 Å². The van der Waals surface area contributed by atoms with Crippen LogP contribution in [-0.2, 0) is 0 Å². The monoisotopic (exact) mass is 698 g/mol. The van der Waals surface area contributed by atoms with E-state index in [9.17, 15) is 30.6 Å². The molecule has 0 bridgehead atoms. The van der Waals surface area contributed by atoms with Crippen molar-refractivity contribution in [1.29, 1.82) is 0 Å². The molecule has 0 aromatic heterocycles. The highest BCUT2D eigenvalue weighted by Gasteiger charge is 2.29. The number of phenols is 6. The predicted octanol–water partition coefficient (Wildman–Crippen LogP) is 9.65. The zero-order valence-electron chi connectivity index (χ0n) is 29.8. The maximum Gasteiger partial charge on any atom is 0.167 e. The molecule has 6 rings (SSSR count). The van der Waals surface area contributed by atoms with E-state index >= 15 is 0 Å². The van der Waals surface area contributed by atoms with Crippen LogP contribution in [-0.4, -0.2) is 43.1 Å². The van der Waals surface area contributed by atoms with Crippen LogP contribution in [0, 0.1) is 13.8 Å². The second-order valence-corrected chi connectivity index (χ2v) is 13.5. The first-order chi connectivity index (χ1) is 24.8. The van der Waals surface area contributed by atoms with Crippen LogP contribution in [0.2, 0.25) is 0 Å². The van der Waals surface area contributed by atoms with E-state index in [4.69, 9.17) is 0 Å². The van der Waals surface area contributed by atoms with Crippen molar-refractivity contribution in [3.8, 4) is 45.6 Å².